The number of hydrogen-bond donors (Lipinski definition) is 2. The van der Waals surface area contributed by atoms with Crippen LogP contribution in [-0.2, 0) is 11.2 Å². The van der Waals surface area contributed by atoms with Crippen LogP contribution in [0.3, 0.4) is 0 Å². The van der Waals surface area contributed by atoms with E-state index >= 15 is 0 Å². The van der Waals surface area contributed by atoms with Crippen LogP contribution < -0.4 is 0 Å². The van der Waals surface area contributed by atoms with Gasteiger partial charge >= 0.3 is 5.97 Å². The number of hydrogen-bond acceptors (Lipinski definition) is 2. The predicted molar refractivity (Wildman–Crippen MR) is 46.4 cm³/mol. The third kappa shape index (κ3) is 1.32. The van der Waals surface area contributed by atoms with Gasteiger partial charge in [0.2, 0.25) is 0 Å². The van der Waals surface area contributed by atoms with Crippen molar-refractivity contribution in [3.8, 4) is 0 Å². The van der Waals surface area contributed by atoms with Crippen LogP contribution in [0.2, 0.25) is 0 Å². The second-order valence-corrected chi connectivity index (χ2v) is 3.74. The molecule has 2 rings (SSSR count). The molecule has 4 heteroatoms. The molecule has 1 aromatic heterocycles. The lowest BCUT2D eigenvalue weighted by Crippen LogP contribution is -2.22. The van der Waals surface area contributed by atoms with Crippen LogP contribution in [0.5, 0.6) is 0 Å². The van der Waals surface area contributed by atoms with Gasteiger partial charge in [0.05, 0.1) is 17.8 Å². The van der Waals surface area contributed by atoms with E-state index in [9.17, 15) is 4.79 Å². The quantitative estimate of drug-likeness (QED) is 0.681. The molecule has 0 radical (unpaired) electrons. The van der Waals surface area contributed by atoms with Gasteiger partial charge in [-0.15, -0.1) is 0 Å². The van der Waals surface area contributed by atoms with E-state index in [1.807, 2.05) is 0 Å². The highest BCUT2D eigenvalue weighted by Gasteiger charge is 2.31. The third-order valence-electron chi connectivity index (χ3n) is 2.60. The SMILES string of the molecule is C[C@@H]1Cc2cn[nH]c2[C@H](C(=O)O)C1. The van der Waals surface area contributed by atoms with Crippen molar-refractivity contribution >= 4 is 5.97 Å². The number of aromatic nitrogens is 2. The summed E-state index contributed by atoms with van der Waals surface area (Å²) in [7, 11) is 0. The average molecular weight is 180 g/mol. The third-order valence-corrected chi connectivity index (χ3v) is 2.60. The topological polar surface area (TPSA) is 66.0 Å². The van der Waals surface area contributed by atoms with Crippen LogP contribution in [0.15, 0.2) is 6.20 Å². The van der Waals surface area contributed by atoms with Crippen LogP contribution in [0, 0.1) is 5.92 Å². The molecule has 2 atom stereocenters. The Morgan fingerprint density at radius 1 is 1.77 bits per heavy atom. The van der Waals surface area contributed by atoms with Crippen LogP contribution in [-0.4, -0.2) is 21.3 Å². The average Bonchev–Trinajstić information content (AvgIpc) is 2.49. The minimum Gasteiger partial charge on any atom is -0.481 e. The first-order valence-corrected chi connectivity index (χ1v) is 4.43. The van der Waals surface area contributed by atoms with Crippen molar-refractivity contribution in [3.05, 3.63) is 17.5 Å². The van der Waals surface area contributed by atoms with E-state index in [1.54, 1.807) is 6.20 Å². The summed E-state index contributed by atoms with van der Waals surface area (Å²) in [5.74, 6) is -0.704. The monoisotopic (exact) mass is 180 g/mol. The minimum atomic E-state index is -0.753. The van der Waals surface area contributed by atoms with Gasteiger partial charge in [-0.2, -0.15) is 5.10 Å². The van der Waals surface area contributed by atoms with Crippen molar-refractivity contribution in [1.29, 1.82) is 0 Å². The van der Waals surface area contributed by atoms with E-state index in [0.717, 1.165) is 17.7 Å². The maximum absolute atomic E-state index is 10.9. The lowest BCUT2D eigenvalue weighted by atomic mass is 9.81. The first kappa shape index (κ1) is 8.29. The first-order chi connectivity index (χ1) is 6.18. The number of rotatable bonds is 1. The highest BCUT2D eigenvalue weighted by atomic mass is 16.4. The Balaban J connectivity index is 2.38. The van der Waals surface area contributed by atoms with Gasteiger partial charge in [-0.1, -0.05) is 6.92 Å². The number of nitrogens with zero attached hydrogens (tertiary/aromatic N) is 1. The second-order valence-electron chi connectivity index (χ2n) is 3.74. The van der Waals surface area contributed by atoms with E-state index in [1.165, 1.54) is 0 Å². The molecule has 0 amide bonds. The largest absolute Gasteiger partial charge is 0.481 e. The van der Waals surface area contributed by atoms with Crippen LogP contribution >= 0.6 is 0 Å². The summed E-state index contributed by atoms with van der Waals surface area (Å²) in [4.78, 5) is 10.9. The Kier molecular flexibility index (Phi) is 1.83. The molecular weight excluding hydrogens is 168 g/mol. The van der Waals surface area contributed by atoms with Gasteiger partial charge in [-0.3, -0.25) is 9.89 Å². The number of carbonyl (C=O) groups is 1. The molecular formula is C9H12N2O2. The van der Waals surface area contributed by atoms with Crippen LogP contribution in [0.25, 0.3) is 0 Å². The fourth-order valence-corrected chi connectivity index (χ4v) is 1.99. The molecule has 0 unspecified atom stereocenters. The van der Waals surface area contributed by atoms with Gasteiger partial charge in [0.1, 0.15) is 0 Å². The number of aliphatic carboxylic acids is 1. The Bertz CT molecular complexity index is 332. The van der Waals surface area contributed by atoms with E-state index in [-0.39, 0.29) is 5.92 Å². The number of carboxylic acid groups (broad SMARTS) is 1. The van der Waals surface area contributed by atoms with Gasteiger partial charge in [-0.25, -0.2) is 0 Å². The molecule has 1 aliphatic carbocycles. The van der Waals surface area contributed by atoms with E-state index in [0.29, 0.717) is 12.3 Å². The number of H-pyrrole nitrogens is 1. The minimum absolute atomic E-state index is 0.388. The molecule has 0 bridgehead atoms. The molecule has 1 heterocycles. The summed E-state index contributed by atoms with van der Waals surface area (Å²) < 4.78 is 0. The summed E-state index contributed by atoms with van der Waals surface area (Å²) in [6.45, 7) is 2.08. The molecule has 0 spiro atoms. The fourth-order valence-electron chi connectivity index (χ4n) is 1.99. The zero-order valence-electron chi connectivity index (χ0n) is 7.45. The van der Waals surface area contributed by atoms with Crippen molar-refractivity contribution in [2.45, 2.75) is 25.7 Å². The zero-order chi connectivity index (χ0) is 9.42. The standard InChI is InChI=1S/C9H12N2O2/c1-5-2-6-4-10-11-8(6)7(3-5)9(12)13/h4-5,7H,2-3H2,1H3,(H,10,11)(H,12,13)/t5-,7-/m1/s1. The maximum atomic E-state index is 10.9. The Morgan fingerprint density at radius 3 is 3.23 bits per heavy atom. The normalized spacial score (nSPS) is 26.8. The van der Waals surface area contributed by atoms with Crippen molar-refractivity contribution in [2.24, 2.45) is 5.92 Å². The van der Waals surface area contributed by atoms with Crippen LogP contribution in [0.4, 0.5) is 0 Å². The summed E-state index contributed by atoms with van der Waals surface area (Å²) in [5, 5.41) is 15.6. The molecule has 0 saturated carbocycles. The molecule has 0 saturated heterocycles. The molecule has 70 valence electrons. The number of nitrogens with one attached hydrogen (secondary N) is 1. The molecule has 13 heavy (non-hydrogen) atoms. The molecule has 1 aliphatic rings. The molecule has 0 aliphatic heterocycles. The second kappa shape index (κ2) is 2.87. The Morgan fingerprint density at radius 2 is 2.54 bits per heavy atom. The molecule has 1 aromatic rings. The van der Waals surface area contributed by atoms with Crippen LogP contribution in [0.1, 0.15) is 30.5 Å². The summed E-state index contributed by atoms with van der Waals surface area (Å²) in [6.07, 6.45) is 3.39. The van der Waals surface area contributed by atoms with Gasteiger partial charge in [-0.05, 0) is 24.3 Å². The molecule has 0 aromatic carbocycles. The lowest BCUT2D eigenvalue weighted by molar-refractivity contribution is -0.139. The van der Waals surface area contributed by atoms with Crippen molar-refractivity contribution < 1.29 is 9.90 Å². The van der Waals surface area contributed by atoms with Crippen molar-refractivity contribution in [1.82, 2.24) is 10.2 Å². The lowest BCUT2D eigenvalue weighted by Gasteiger charge is -2.23. The van der Waals surface area contributed by atoms with E-state index in [2.05, 4.69) is 17.1 Å². The molecule has 0 fully saturated rings. The van der Waals surface area contributed by atoms with Crippen molar-refractivity contribution in [3.63, 3.8) is 0 Å². The Hall–Kier alpha value is -1.32. The summed E-state index contributed by atoms with van der Waals surface area (Å²) in [5.41, 5.74) is 1.86. The number of fused-ring (bicyclic) bond motifs is 1. The van der Waals surface area contributed by atoms with E-state index < -0.39 is 5.97 Å². The van der Waals surface area contributed by atoms with Gasteiger partial charge in [0.25, 0.3) is 0 Å². The fraction of sp³-hybridized carbons (Fsp3) is 0.556. The highest BCUT2D eigenvalue weighted by Crippen LogP contribution is 2.33. The summed E-state index contributed by atoms with van der Waals surface area (Å²) in [6, 6.07) is 0. The Labute approximate surface area is 76.0 Å². The summed E-state index contributed by atoms with van der Waals surface area (Å²) >= 11 is 0. The number of carboxylic acids is 1. The van der Waals surface area contributed by atoms with Gasteiger partial charge in [0.15, 0.2) is 0 Å². The van der Waals surface area contributed by atoms with E-state index in [4.69, 9.17) is 5.11 Å². The molecule has 4 nitrogen and oxygen atoms in total. The first-order valence-electron chi connectivity index (χ1n) is 4.43. The van der Waals surface area contributed by atoms with Gasteiger partial charge < -0.3 is 5.11 Å². The predicted octanol–water partition coefficient (Wildman–Crippen LogP) is 1.16. The highest BCUT2D eigenvalue weighted by molar-refractivity contribution is 5.76. The molecule has 2 N–H and O–H groups in total. The zero-order valence-corrected chi connectivity index (χ0v) is 7.45. The smallest absolute Gasteiger partial charge is 0.312 e. The van der Waals surface area contributed by atoms with Gasteiger partial charge in [0, 0.05) is 0 Å². The maximum Gasteiger partial charge on any atom is 0.312 e. The number of aromatic amines is 1. The van der Waals surface area contributed by atoms with Crippen molar-refractivity contribution in [2.75, 3.05) is 0 Å².